The highest BCUT2D eigenvalue weighted by Gasteiger charge is 2.21. The molecule has 1 N–H and O–H groups in total. The first-order valence-corrected chi connectivity index (χ1v) is 7.12. The Morgan fingerprint density at radius 2 is 1.81 bits per heavy atom. The maximum atomic E-state index is 11.2. The summed E-state index contributed by atoms with van der Waals surface area (Å²) in [7, 11) is 0. The van der Waals surface area contributed by atoms with Crippen molar-refractivity contribution in [3.05, 3.63) is 69.2 Å². The maximum Gasteiger partial charge on any atom is 0.293 e. The van der Waals surface area contributed by atoms with Gasteiger partial charge in [-0.1, -0.05) is 55.8 Å². The van der Waals surface area contributed by atoms with E-state index in [1.54, 1.807) is 12.1 Å². The van der Waals surface area contributed by atoms with Crippen LogP contribution in [0.1, 0.15) is 25.5 Å². The molecule has 110 valence electrons. The second-order valence-corrected chi connectivity index (χ2v) is 5.63. The molecule has 0 saturated heterocycles. The highest BCUT2D eigenvalue weighted by Crippen LogP contribution is 2.33. The van der Waals surface area contributed by atoms with Crippen LogP contribution in [0.25, 0.3) is 0 Å². The van der Waals surface area contributed by atoms with Gasteiger partial charge in [0, 0.05) is 11.1 Å². The zero-order valence-electron chi connectivity index (χ0n) is 11.9. The smallest absolute Gasteiger partial charge is 0.293 e. The molecular formula is C16H17ClN2O2. The summed E-state index contributed by atoms with van der Waals surface area (Å²) >= 11 is 5.84. The maximum absolute atomic E-state index is 11.2. The van der Waals surface area contributed by atoms with Crippen LogP contribution in [0.4, 0.5) is 11.4 Å². The van der Waals surface area contributed by atoms with Crippen molar-refractivity contribution >= 4 is 23.0 Å². The standard InChI is InChI=1S/C16H17ClN2O2/c1-11(2)16(12-6-4-3-5-7-12)18-14-9-8-13(17)10-15(14)19(20)21/h3-11,16,18H,1-2H3. The van der Waals surface area contributed by atoms with E-state index in [1.807, 2.05) is 30.3 Å². The summed E-state index contributed by atoms with van der Waals surface area (Å²) in [5, 5.41) is 14.8. The number of nitro groups is 1. The minimum absolute atomic E-state index is 0.00826. The fourth-order valence-electron chi connectivity index (χ4n) is 2.24. The third-order valence-electron chi connectivity index (χ3n) is 3.29. The number of rotatable bonds is 5. The Morgan fingerprint density at radius 1 is 1.14 bits per heavy atom. The number of hydrogen-bond donors (Lipinski definition) is 1. The number of nitrogens with zero attached hydrogens (tertiary/aromatic N) is 1. The lowest BCUT2D eigenvalue weighted by molar-refractivity contribution is -0.384. The van der Waals surface area contributed by atoms with E-state index in [0.717, 1.165) is 5.56 Å². The number of benzene rings is 2. The highest BCUT2D eigenvalue weighted by atomic mass is 35.5. The van der Waals surface area contributed by atoms with Gasteiger partial charge in [-0.25, -0.2) is 0 Å². The van der Waals surface area contributed by atoms with Crippen molar-refractivity contribution in [1.29, 1.82) is 0 Å². The number of nitrogens with one attached hydrogen (secondary N) is 1. The molecule has 0 aliphatic carbocycles. The van der Waals surface area contributed by atoms with Gasteiger partial charge in [-0.05, 0) is 23.6 Å². The fourth-order valence-corrected chi connectivity index (χ4v) is 2.41. The second kappa shape index (κ2) is 6.59. The molecule has 2 rings (SSSR count). The first-order valence-electron chi connectivity index (χ1n) is 6.74. The van der Waals surface area contributed by atoms with Gasteiger partial charge in [-0.15, -0.1) is 0 Å². The van der Waals surface area contributed by atoms with E-state index in [0.29, 0.717) is 10.7 Å². The van der Waals surface area contributed by atoms with Crippen molar-refractivity contribution in [3.8, 4) is 0 Å². The van der Waals surface area contributed by atoms with Crippen molar-refractivity contribution < 1.29 is 4.92 Å². The molecule has 1 unspecified atom stereocenters. The predicted molar refractivity (Wildman–Crippen MR) is 85.8 cm³/mol. The quantitative estimate of drug-likeness (QED) is 0.620. The Balaban J connectivity index is 2.36. The Kier molecular flexibility index (Phi) is 4.81. The molecule has 2 aromatic carbocycles. The van der Waals surface area contributed by atoms with Crippen molar-refractivity contribution in [1.82, 2.24) is 0 Å². The molecule has 0 spiro atoms. The summed E-state index contributed by atoms with van der Waals surface area (Å²) in [5.74, 6) is 0.280. The van der Waals surface area contributed by atoms with Crippen molar-refractivity contribution in [2.45, 2.75) is 19.9 Å². The van der Waals surface area contributed by atoms with Crippen LogP contribution in [0.3, 0.4) is 0 Å². The highest BCUT2D eigenvalue weighted by molar-refractivity contribution is 6.30. The zero-order valence-corrected chi connectivity index (χ0v) is 12.7. The molecule has 0 aliphatic rings. The summed E-state index contributed by atoms with van der Waals surface area (Å²) in [6.45, 7) is 4.15. The van der Waals surface area contributed by atoms with Gasteiger partial charge in [0.15, 0.2) is 0 Å². The van der Waals surface area contributed by atoms with E-state index in [-0.39, 0.29) is 17.6 Å². The Morgan fingerprint density at radius 3 is 2.38 bits per heavy atom. The van der Waals surface area contributed by atoms with Gasteiger partial charge in [-0.3, -0.25) is 10.1 Å². The monoisotopic (exact) mass is 304 g/mol. The van der Waals surface area contributed by atoms with Crippen LogP contribution < -0.4 is 5.32 Å². The lowest BCUT2D eigenvalue weighted by atomic mass is 9.95. The van der Waals surface area contributed by atoms with Crippen LogP contribution in [0.15, 0.2) is 48.5 Å². The van der Waals surface area contributed by atoms with Gasteiger partial charge in [0.1, 0.15) is 5.69 Å². The lowest BCUT2D eigenvalue weighted by Crippen LogP contribution is -2.17. The molecule has 21 heavy (non-hydrogen) atoms. The number of anilines is 1. The second-order valence-electron chi connectivity index (χ2n) is 5.20. The summed E-state index contributed by atoms with van der Waals surface area (Å²) in [6, 6.07) is 14.6. The van der Waals surface area contributed by atoms with E-state index < -0.39 is 4.92 Å². The van der Waals surface area contributed by atoms with Crippen LogP contribution in [-0.4, -0.2) is 4.92 Å². The molecule has 0 aromatic heterocycles. The van der Waals surface area contributed by atoms with Crippen molar-refractivity contribution in [2.75, 3.05) is 5.32 Å². The molecule has 0 radical (unpaired) electrons. The number of hydrogen-bond acceptors (Lipinski definition) is 3. The molecule has 0 aliphatic heterocycles. The molecule has 1 atom stereocenters. The van der Waals surface area contributed by atoms with Crippen LogP contribution in [-0.2, 0) is 0 Å². The minimum Gasteiger partial charge on any atom is -0.372 e. The Bertz CT molecular complexity index is 629. The van der Waals surface area contributed by atoms with E-state index in [9.17, 15) is 10.1 Å². The largest absolute Gasteiger partial charge is 0.372 e. The summed E-state index contributed by atoms with van der Waals surface area (Å²) in [5.41, 5.74) is 1.56. The summed E-state index contributed by atoms with van der Waals surface area (Å²) < 4.78 is 0. The molecule has 0 bridgehead atoms. The zero-order chi connectivity index (χ0) is 15.4. The molecule has 0 amide bonds. The fraction of sp³-hybridized carbons (Fsp3) is 0.250. The van der Waals surface area contributed by atoms with Crippen LogP contribution >= 0.6 is 11.6 Å². The molecule has 5 heteroatoms. The van der Waals surface area contributed by atoms with Crippen molar-refractivity contribution in [2.24, 2.45) is 5.92 Å². The predicted octanol–water partition coefficient (Wildman–Crippen LogP) is 5.06. The van der Waals surface area contributed by atoms with Crippen molar-refractivity contribution in [3.63, 3.8) is 0 Å². The van der Waals surface area contributed by atoms with Gasteiger partial charge < -0.3 is 5.32 Å². The molecule has 0 heterocycles. The molecule has 0 fully saturated rings. The van der Waals surface area contributed by atoms with Crippen LogP contribution in [0.5, 0.6) is 0 Å². The average molecular weight is 305 g/mol. The third-order valence-corrected chi connectivity index (χ3v) is 3.53. The molecule has 2 aromatic rings. The third kappa shape index (κ3) is 3.73. The van der Waals surface area contributed by atoms with Gasteiger partial charge >= 0.3 is 0 Å². The minimum atomic E-state index is -0.420. The lowest BCUT2D eigenvalue weighted by Gasteiger charge is -2.24. The normalized spacial score (nSPS) is 12.2. The Hall–Kier alpha value is -2.07. The first-order chi connectivity index (χ1) is 9.99. The first kappa shape index (κ1) is 15.3. The van der Waals surface area contributed by atoms with Crippen LogP contribution in [0, 0.1) is 16.0 Å². The average Bonchev–Trinajstić information content (AvgIpc) is 2.46. The van der Waals surface area contributed by atoms with E-state index >= 15 is 0 Å². The number of nitro benzene ring substituents is 1. The Labute approximate surface area is 128 Å². The summed E-state index contributed by atoms with van der Waals surface area (Å²) in [6.07, 6.45) is 0. The van der Waals surface area contributed by atoms with E-state index in [2.05, 4.69) is 19.2 Å². The van der Waals surface area contributed by atoms with Crippen LogP contribution in [0.2, 0.25) is 5.02 Å². The van der Waals surface area contributed by atoms with Gasteiger partial charge in [0.25, 0.3) is 5.69 Å². The SMILES string of the molecule is CC(C)C(Nc1ccc(Cl)cc1[N+](=O)[O-])c1ccccc1. The summed E-state index contributed by atoms with van der Waals surface area (Å²) in [4.78, 5) is 10.7. The van der Waals surface area contributed by atoms with Gasteiger partial charge in [0.2, 0.25) is 0 Å². The number of halogens is 1. The van der Waals surface area contributed by atoms with Gasteiger partial charge in [-0.2, -0.15) is 0 Å². The van der Waals surface area contributed by atoms with E-state index in [4.69, 9.17) is 11.6 Å². The molecule has 0 saturated carbocycles. The molecular weight excluding hydrogens is 288 g/mol. The van der Waals surface area contributed by atoms with Gasteiger partial charge in [0.05, 0.1) is 11.0 Å². The van der Waals surface area contributed by atoms with E-state index in [1.165, 1.54) is 6.07 Å². The molecule has 4 nitrogen and oxygen atoms in total. The topological polar surface area (TPSA) is 55.2 Å².